The maximum atomic E-state index is 13.6. The van der Waals surface area contributed by atoms with Crippen molar-refractivity contribution in [1.82, 2.24) is 0 Å². The molecular formula is C17H10F2O2S. The van der Waals surface area contributed by atoms with Gasteiger partial charge in [0.1, 0.15) is 11.6 Å². The van der Waals surface area contributed by atoms with Gasteiger partial charge in [0.05, 0.1) is 5.56 Å². The molecule has 0 unspecified atom stereocenters. The standard InChI is InChI=1S/C17H10F2O2S/c18-11-3-1-2-10(8-11)13-6-7-22-16(13)15-9-12(19)4-5-14(15)17(20)21/h1-9H,(H,20,21). The number of hydrogen-bond donors (Lipinski definition) is 1. The van der Waals surface area contributed by atoms with Crippen molar-refractivity contribution in [2.24, 2.45) is 0 Å². The van der Waals surface area contributed by atoms with E-state index in [9.17, 15) is 18.7 Å². The normalized spacial score (nSPS) is 10.6. The number of halogens is 2. The molecule has 1 heterocycles. The Morgan fingerprint density at radius 2 is 1.73 bits per heavy atom. The Morgan fingerprint density at radius 1 is 0.955 bits per heavy atom. The summed E-state index contributed by atoms with van der Waals surface area (Å²) in [5.74, 6) is -2.03. The first-order valence-electron chi connectivity index (χ1n) is 6.43. The largest absolute Gasteiger partial charge is 0.478 e. The fraction of sp³-hybridized carbons (Fsp3) is 0. The molecule has 0 bridgehead atoms. The minimum absolute atomic E-state index is 0.0153. The third kappa shape index (κ3) is 2.63. The van der Waals surface area contributed by atoms with Crippen molar-refractivity contribution in [3.05, 3.63) is 71.1 Å². The van der Waals surface area contributed by atoms with E-state index >= 15 is 0 Å². The number of thiophene rings is 1. The van der Waals surface area contributed by atoms with Gasteiger partial charge in [-0.3, -0.25) is 0 Å². The molecular weight excluding hydrogens is 306 g/mol. The first-order valence-corrected chi connectivity index (χ1v) is 7.31. The van der Waals surface area contributed by atoms with Crippen LogP contribution in [-0.2, 0) is 0 Å². The maximum absolute atomic E-state index is 13.6. The fourth-order valence-corrected chi connectivity index (χ4v) is 3.24. The molecule has 0 atom stereocenters. The van der Waals surface area contributed by atoms with Gasteiger partial charge in [-0.1, -0.05) is 12.1 Å². The smallest absolute Gasteiger partial charge is 0.336 e. The zero-order valence-electron chi connectivity index (χ0n) is 11.2. The van der Waals surface area contributed by atoms with E-state index in [0.29, 0.717) is 21.6 Å². The molecule has 0 radical (unpaired) electrons. The number of hydrogen-bond acceptors (Lipinski definition) is 2. The molecule has 22 heavy (non-hydrogen) atoms. The van der Waals surface area contributed by atoms with E-state index in [2.05, 4.69) is 0 Å². The zero-order valence-corrected chi connectivity index (χ0v) is 12.0. The molecule has 5 heteroatoms. The summed E-state index contributed by atoms with van der Waals surface area (Å²) in [5.41, 5.74) is 1.61. The SMILES string of the molecule is O=C(O)c1ccc(F)cc1-c1sccc1-c1cccc(F)c1. The number of benzene rings is 2. The lowest BCUT2D eigenvalue weighted by atomic mass is 9.99. The molecule has 3 aromatic rings. The predicted octanol–water partition coefficient (Wildman–Crippen LogP) is 5.06. The van der Waals surface area contributed by atoms with Gasteiger partial charge >= 0.3 is 5.97 Å². The Bertz CT molecular complexity index is 855. The van der Waals surface area contributed by atoms with Crippen LogP contribution in [0.5, 0.6) is 0 Å². The molecule has 0 aliphatic rings. The van der Waals surface area contributed by atoms with Crippen molar-refractivity contribution in [3.63, 3.8) is 0 Å². The van der Waals surface area contributed by atoms with Gasteiger partial charge in [-0.15, -0.1) is 11.3 Å². The number of carboxylic acid groups (broad SMARTS) is 1. The Balaban J connectivity index is 2.21. The molecule has 3 rings (SSSR count). The van der Waals surface area contributed by atoms with Crippen LogP contribution in [0.25, 0.3) is 21.6 Å². The Morgan fingerprint density at radius 3 is 2.45 bits per heavy atom. The molecule has 110 valence electrons. The minimum Gasteiger partial charge on any atom is -0.478 e. The average molecular weight is 316 g/mol. The molecule has 0 aliphatic carbocycles. The van der Waals surface area contributed by atoms with Crippen LogP contribution < -0.4 is 0 Å². The maximum Gasteiger partial charge on any atom is 0.336 e. The second kappa shape index (κ2) is 5.69. The van der Waals surface area contributed by atoms with Gasteiger partial charge in [-0.25, -0.2) is 13.6 Å². The summed E-state index contributed by atoms with van der Waals surface area (Å²) in [5, 5.41) is 11.1. The summed E-state index contributed by atoms with van der Waals surface area (Å²) < 4.78 is 27.0. The van der Waals surface area contributed by atoms with Crippen molar-refractivity contribution < 1.29 is 18.7 Å². The van der Waals surface area contributed by atoms with E-state index in [1.54, 1.807) is 23.6 Å². The van der Waals surface area contributed by atoms with Crippen LogP contribution in [-0.4, -0.2) is 11.1 Å². The van der Waals surface area contributed by atoms with Crippen molar-refractivity contribution in [1.29, 1.82) is 0 Å². The predicted molar refractivity (Wildman–Crippen MR) is 82.1 cm³/mol. The third-order valence-electron chi connectivity index (χ3n) is 3.26. The highest BCUT2D eigenvalue weighted by atomic mass is 32.1. The Kier molecular flexibility index (Phi) is 3.73. The molecule has 0 spiro atoms. The topological polar surface area (TPSA) is 37.3 Å². The Labute approximate surface area is 129 Å². The van der Waals surface area contributed by atoms with Crippen LogP contribution in [0.4, 0.5) is 8.78 Å². The van der Waals surface area contributed by atoms with Crippen molar-refractivity contribution in [2.45, 2.75) is 0 Å². The minimum atomic E-state index is -1.13. The van der Waals surface area contributed by atoms with Crippen LogP contribution >= 0.6 is 11.3 Å². The highest BCUT2D eigenvalue weighted by molar-refractivity contribution is 7.14. The van der Waals surface area contributed by atoms with Gasteiger partial charge in [0.2, 0.25) is 0 Å². The van der Waals surface area contributed by atoms with Crippen LogP contribution in [0.15, 0.2) is 53.9 Å². The Hall–Kier alpha value is -2.53. The summed E-state index contributed by atoms with van der Waals surface area (Å²) >= 11 is 1.29. The number of carboxylic acids is 1. The van der Waals surface area contributed by atoms with E-state index in [-0.39, 0.29) is 11.4 Å². The molecule has 0 fully saturated rings. The quantitative estimate of drug-likeness (QED) is 0.733. The number of rotatable bonds is 3. The van der Waals surface area contributed by atoms with Crippen molar-refractivity contribution in [2.75, 3.05) is 0 Å². The van der Waals surface area contributed by atoms with E-state index in [1.807, 2.05) is 0 Å². The fourth-order valence-electron chi connectivity index (χ4n) is 2.29. The molecule has 1 N–H and O–H groups in total. The molecule has 1 aromatic heterocycles. The summed E-state index contributed by atoms with van der Waals surface area (Å²) in [6.45, 7) is 0. The van der Waals surface area contributed by atoms with Crippen molar-refractivity contribution >= 4 is 17.3 Å². The van der Waals surface area contributed by atoms with E-state index in [4.69, 9.17) is 0 Å². The number of carbonyl (C=O) groups is 1. The van der Waals surface area contributed by atoms with Crippen LogP contribution in [0, 0.1) is 11.6 Å². The lowest BCUT2D eigenvalue weighted by molar-refractivity contribution is 0.0697. The summed E-state index contributed by atoms with van der Waals surface area (Å²) in [4.78, 5) is 12.0. The molecule has 0 saturated heterocycles. The molecule has 0 aliphatic heterocycles. The molecule has 2 aromatic carbocycles. The second-order valence-electron chi connectivity index (χ2n) is 4.67. The highest BCUT2D eigenvalue weighted by Crippen LogP contribution is 2.38. The third-order valence-corrected chi connectivity index (χ3v) is 4.21. The van der Waals surface area contributed by atoms with Crippen LogP contribution in [0.1, 0.15) is 10.4 Å². The van der Waals surface area contributed by atoms with Gasteiger partial charge in [-0.2, -0.15) is 0 Å². The van der Waals surface area contributed by atoms with Gasteiger partial charge in [0, 0.05) is 16.0 Å². The first-order chi connectivity index (χ1) is 10.6. The molecule has 0 saturated carbocycles. The summed E-state index contributed by atoms with van der Waals surface area (Å²) in [6.07, 6.45) is 0. The number of aromatic carboxylic acids is 1. The zero-order chi connectivity index (χ0) is 15.7. The van der Waals surface area contributed by atoms with Gasteiger partial charge < -0.3 is 5.11 Å². The first kappa shape index (κ1) is 14.4. The summed E-state index contributed by atoms with van der Waals surface area (Å²) in [7, 11) is 0. The van der Waals surface area contributed by atoms with Gasteiger partial charge in [-0.05, 0) is 47.3 Å². The summed E-state index contributed by atoms with van der Waals surface area (Å²) in [6, 6.07) is 11.3. The molecule has 2 nitrogen and oxygen atoms in total. The van der Waals surface area contributed by atoms with E-state index < -0.39 is 11.8 Å². The monoisotopic (exact) mass is 316 g/mol. The van der Waals surface area contributed by atoms with E-state index in [0.717, 1.165) is 6.07 Å². The second-order valence-corrected chi connectivity index (χ2v) is 5.58. The van der Waals surface area contributed by atoms with Crippen molar-refractivity contribution in [3.8, 4) is 21.6 Å². The lowest BCUT2D eigenvalue weighted by Gasteiger charge is -2.08. The lowest BCUT2D eigenvalue weighted by Crippen LogP contribution is -1.99. The van der Waals surface area contributed by atoms with Gasteiger partial charge in [0.15, 0.2) is 0 Å². The van der Waals surface area contributed by atoms with E-state index in [1.165, 1.54) is 35.6 Å². The van der Waals surface area contributed by atoms with Crippen LogP contribution in [0.2, 0.25) is 0 Å². The van der Waals surface area contributed by atoms with Gasteiger partial charge in [0.25, 0.3) is 0 Å². The van der Waals surface area contributed by atoms with Crippen LogP contribution in [0.3, 0.4) is 0 Å². The highest BCUT2D eigenvalue weighted by Gasteiger charge is 2.17. The average Bonchev–Trinajstić information content (AvgIpc) is 2.96. The molecule has 0 amide bonds.